The fourth-order valence-electron chi connectivity index (χ4n) is 3.43. The van der Waals surface area contributed by atoms with Crippen molar-refractivity contribution in [3.05, 3.63) is 22.2 Å². The van der Waals surface area contributed by atoms with E-state index < -0.39 is 29.8 Å². The van der Waals surface area contributed by atoms with Gasteiger partial charge in [0.2, 0.25) is 0 Å². The molecule has 0 unspecified atom stereocenters. The number of hydrogen-bond donors (Lipinski definition) is 1. The third kappa shape index (κ3) is 7.57. The van der Waals surface area contributed by atoms with E-state index in [0.29, 0.717) is 17.3 Å². The molecule has 8 heteroatoms. The van der Waals surface area contributed by atoms with Gasteiger partial charge in [-0.25, -0.2) is 4.79 Å². The van der Waals surface area contributed by atoms with Gasteiger partial charge in [-0.3, -0.25) is 4.79 Å². The van der Waals surface area contributed by atoms with Crippen molar-refractivity contribution in [3.63, 3.8) is 0 Å². The lowest BCUT2D eigenvalue weighted by atomic mass is 9.75. The number of esters is 1. The first-order valence-electron chi connectivity index (χ1n) is 12.6. The van der Waals surface area contributed by atoms with Crippen molar-refractivity contribution in [1.82, 2.24) is 5.32 Å². The fraction of sp³-hybridized carbons (Fsp3) is 0.667. The average Bonchev–Trinajstić information content (AvgIpc) is 2.80. The molecule has 32 heavy (non-hydrogen) atoms. The second-order valence-electron chi connectivity index (χ2n) is 9.02. The van der Waals surface area contributed by atoms with E-state index >= 15 is 0 Å². The monoisotopic (exact) mass is 517 g/mol. The van der Waals surface area contributed by atoms with Gasteiger partial charge in [-0.2, -0.15) is 0 Å². The number of aryl methyl sites for hydroxylation is 1. The van der Waals surface area contributed by atoms with Crippen LogP contribution in [0.3, 0.4) is 0 Å². The molecule has 0 heterocycles. The summed E-state index contributed by atoms with van der Waals surface area (Å²) in [5, 5.41) is 2.03. The summed E-state index contributed by atoms with van der Waals surface area (Å²) in [5.74, 6) is 0.00550. The Hall–Kier alpha value is -1.96. The molecule has 1 amide bonds. The summed E-state index contributed by atoms with van der Waals surface area (Å²) in [4.78, 5) is 24.9. The predicted molar refractivity (Wildman–Crippen MR) is 126 cm³/mol. The highest BCUT2D eigenvalue weighted by Gasteiger charge is 2.36. The third-order valence-electron chi connectivity index (χ3n) is 5.38. The number of nitrogens with one attached hydrogen (secondary N) is 1. The Morgan fingerprint density at radius 1 is 1.06 bits per heavy atom. The average molecular weight is 518 g/mol. The Balaban J connectivity index is 2.15. The van der Waals surface area contributed by atoms with Crippen molar-refractivity contribution in [2.75, 3.05) is 33.9 Å². The molecule has 1 aliphatic rings. The first kappa shape index (κ1) is 20.6. The normalized spacial score (nSPS) is 18.3. The maximum Gasteiger partial charge on any atom is 0.407 e. The molecule has 2 rings (SSSR count). The Morgan fingerprint density at radius 3 is 2.28 bits per heavy atom. The van der Waals surface area contributed by atoms with Crippen LogP contribution in [0.15, 0.2) is 16.6 Å². The molecule has 0 atom stereocenters. The molecule has 1 N–H and O–H groups in total. The van der Waals surface area contributed by atoms with Gasteiger partial charge in [0.05, 0.1) is 24.1 Å². The number of hydrogen-bond acceptors (Lipinski definition) is 6. The number of alkyl carbamates (subject to hydrolysis) is 1. The van der Waals surface area contributed by atoms with Gasteiger partial charge in [0, 0.05) is 17.4 Å². The Labute approximate surface area is 205 Å². The molecule has 1 aromatic carbocycles. The molecule has 0 spiro atoms. The van der Waals surface area contributed by atoms with Crippen molar-refractivity contribution >= 4 is 28.0 Å². The van der Waals surface area contributed by atoms with Crippen LogP contribution >= 0.6 is 15.9 Å². The highest BCUT2D eigenvalue weighted by atomic mass is 79.9. The molecule has 1 aliphatic carbocycles. The van der Waals surface area contributed by atoms with E-state index in [0.717, 1.165) is 19.3 Å². The zero-order valence-corrected chi connectivity index (χ0v) is 21.0. The van der Waals surface area contributed by atoms with E-state index in [1.54, 1.807) is 20.8 Å². The van der Waals surface area contributed by atoms with Gasteiger partial charge in [0.25, 0.3) is 0 Å². The van der Waals surface area contributed by atoms with Crippen molar-refractivity contribution in [2.45, 2.75) is 59.2 Å². The molecular weight excluding hydrogens is 478 g/mol. The number of halogens is 1. The van der Waals surface area contributed by atoms with Crippen LogP contribution in [-0.4, -0.2) is 46.0 Å². The summed E-state index contributed by atoms with van der Waals surface area (Å²) < 4.78 is 55.5. The lowest BCUT2D eigenvalue weighted by Gasteiger charge is -2.36. The lowest BCUT2D eigenvalue weighted by molar-refractivity contribution is -0.158. The molecule has 0 aliphatic heterocycles. The zero-order valence-electron chi connectivity index (χ0n) is 23.4. The fourth-order valence-corrected chi connectivity index (χ4v) is 3.91. The van der Waals surface area contributed by atoms with Crippen molar-refractivity contribution in [1.29, 1.82) is 0 Å². The summed E-state index contributed by atoms with van der Waals surface area (Å²) in [5.41, 5.74) is -1.37. The SMILES string of the molecule is [2H]C([2H])(NC(=O)OCC1(COC(=O)C(C)(C)C)CCCCC1)C([2H])([2H])c1cc(OC)c(Br)cc1OC. The molecule has 1 aromatic rings. The van der Waals surface area contributed by atoms with E-state index in [1.165, 1.54) is 26.4 Å². The van der Waals surface area contributed by atoms with Crippen molar-refractivity contribution in [3.8, 4) is 11.5 Å². The number of methoxy groups -OCH3 is 2. The number of carbonyl (C=O) groups excluding carboxylic acids is 2. The van der Waals surface area contributed by atoms with Crippen LogP contribution in [0.4, 0.5) is 4.79 Å². The van der Waals surface area contributed by atoms with Crippen molar-refractivity contribution in [2.24, 2.45) is 10.8 Å². The molecule has 180 valence electrons. The van der Waals surface area contributed by atoms with Crippen LogP contribution in [0.25, 0.3) is 0 Å². The summed E-state index contributed by atoms with van der Waals surface area (Å²) in [6.07, 6.45) is 0.388. The molecule has 0 saturated heterocycles. The third-order valence-corrected chi connectivity index (χ3v) is 6.00. The predicted octanol–water partition coefficient (Wildman–Crippen LogP) is 5.27. The number of benzene rings is 1. The number of ether oxygens (including phenoxy) is 4. The molecule has 7 nitrogen and oxygen atoms in total. The molecule has 0 radical (unpaired) electrons. The maximum atomic E-state index is 12.6. The van der Waals surface area contributed by atoms with Crippen LogP contribution < -0.4 is 14.8 Å². The first-order chi connectivity index (χ1) is 16.6. The highest BCUT2D eigenvalue weighted by molar-refractivity contribution is 9.10. The summed E-state index contributed by atoms with van der Waals surface area (Å²) in [7, 11) is 2.73. The van der Waals surface area contributed by atoms with Crippen LogP contribution in [0.5, 0.6) is 11.5 Å². The maximum absolute atomic E-state index is 12.6. The van der Waals surface area contributed by atoms with Crippen LogP contribution in [0, 0.1) is 10.8 Å². The topological polar surface area (TPSA) is 83.1 Å². The van der Waals surface area contributed by atoms with Gasteiger partial charge >= 0.3 is 12.1 Å². The molecule has 1 saturated carbocycles. The zero-order chi connectivity index (χ0) is 27.4. The quantitative estimate of drug-likeness (QED) is 0.449. The smallest absolute Gasteiger partial charge is 0.407 e. The van der Waals surface area contributed by atoms with Crippen LogP contribution in [0.2, 0.25) is 0 Å². The van der Waals surface area contributed by atoms with Crippen molar-refractivity contribution < 1.29 is 34.0 Å². The minimum Gasteiger partial charge on any atom is -0.496 e. The van der Waals surface area contributed by atoms with Gasteiger partial charge in [-0.05, 0) is 73.6 Å². The van der Waals surface area contributed by atoms with E-state index in [4.69, 9.17) is 24.4 Å². The first-order valence-corrected chi connectivity index (χ1v) is 11.4. The second-order valence-corrected chi connectivity index (χ2v) is 9.88. The van der Waals surface area contributed by atoms with Gasteiger partial charge in [-0.1, -0.05) is 19.3 Å². The number of rotatable bonds is 9. The Kier molecular flexibility index (Phi) is 7.59. The standard InChI is InChI=1S/C24H36BrNO6/c1-23(2,3)21(27)31-15-24(10-7-6-8-11-24)16-32-22(28)26-12-9-17-13-20(30-5)18(25)14-19(17)29-4/h13-14H,6-12,15-16H2,1-5H3,(H,26,28)/i9D2,12D2. The van der Waals surface area contributed by atoms with Gasteiger partial charge in [0.15, 0.2) is 0 Å². The Bertz CT molecular complexity index is 945. The number of amides is 1. The molecule has 1 fully saturated rings. The largest absolute Gasteiger partial charge is 0.496 e. The van der Waals surface area contributed by atoms with E-state index in [1.807, 2.05) is 5.32 Å². The van der Waals surface area contributed by atoms with Crippen LogP contribution in [-0.2, 0) is 20.6 Å². The summed E-state index contributed by atoms with van der Waals surface area (Å²) in [6.45, 7) is 2.44. The molecule has 0 bridgehead atoms. The van der Waals surface area contributed by atoms with E-state index in [9.17, 15) is 9.59 Å². The van der Waals surface area contributed by atoms with Gasteiger partial charge in [0.1, 0.15) is 24.7 Å². The molecule has 0 aromatic heterocycles. The number of carbonyl (C=O) groups is 2. The minimum atomic E-state index is -2.87. The minimum absolute atomic E-state index is 0.0774. The van der Waals surface area contributed by atoms with Gasteiger partial charge in [-0.15, -0.1) is 0 Å². The Morgan fingerprint density at radius 2 is 1.69 bits per heavy atom. The van der Waals surface area contributed by atoms with Gasteiger partial charge < -0.3 is 24.3 Å². The lowest BCUT2D eigenvalue weighted by Crippen LogP contribution is -2.39. The van der Waals surface area contributed by atoms with Crippen LogP contribution in [0.1, 0.15) is 63.9 Å². The van der Waals surface area contributed by atoms with E-state index in [-0.39, 0.29) is 36.2 Å². The van der Waals surface area contributed by atoms with E-state index in [2.05, 4.69) is 15.9 Å². The highest BCUT2D eigenvalue weighted by Crippen LogP contribution is 2.37. The summed E-state index contributed by atoms with van der Waals surface area (Å²) >= 11 is 3.29. The second kappa shape index (κ2) is 11.8. The molecular formula is C24H36BrNO6. The summed E-state index contributed by atoms with van der Waals surface area (Å²) in [6, 6.07) is 2.78.